The number of nitrogens with zero attached hydrogens (tertiary/aromatic N) is 3. The number of amides is 1. The first-order valence-electron chi connectivity index (χ1n) is 9.59. The molecule has 0 fully saturated rings. The largest absolute Gasteiger partial charge is 0.486 e. The van der Waals surface area contributed by atoms with Gasteiger partial charge < -0.3 is 14.4 Å². The first-order valence-corrected chi connectivity index (χ1v) is 9.59. The lowest BCUT2D eigenvalue weighted by Gasteiger charge is -2.29. The Labute approximate surface area is 169 Å². The molecule has 0 N–H and O–H groups in total. The summed E-state index contributed by atoms with van der Waals surface area (Å²) in [6.45, 7) is 2.26. The molecule has 0 radical (unpaired) electrons. The van der Waals surface area contributed by atoms with Gasteiger partial charge >= 0.3 is 0 Å². The van der Waals surface area contributed by atoms with E-state index in [4.69, 9.17) is 9.47 Å². The Bertz CT molecular complexity index is 944. The molecule has 0 aromatic heterocycles. The van der Waals surface area contributed by atoms with E-state index in [1.165, 1.54) is 6.92 Å². The second-order valence-corrected chi connectivity index (χ2v) is 7.24. The average Bonchev–Trinajstić information content (AvgIpc) is 3.19. The standard InChI is InChI=1S/C22H23N3O4/c1-15(26)19-12-18(23-25(19)16-8-4-3-5-9-16)22(27)24(2)13-17-14-28-20-10-6-7-11-21(20)29-17/h3-11,17,19H,12-14H2,1-2H3. The molecular weight excluding hydrogens is 370 g/mol. The lowest BCUT2D eigenvalue weighted by atomic mass is 10.1. The van der Waals surface area contributed by atoms with E-state index in [9.17, 15) is 9.59 Å². The lowest BCUT2D eigenvalue weighted by Crippen LogP contribution is -2.44. The molecular formula is C22H23N3O4. The van der Waals surface area contributed by atoms with Crippen LogP contribution >= 0.6 is 0 Å². The quantitative estimate of drug-likeness (QED) is 0.781. The molecule has 0 spiro atoms. The van der Waals surface area contributed by atoms with Crippen molar-refractivity contribution in [1.82, 2.24) is 4.90 Å². The maximum absolute atomic E-state index is 13.0. The van der Waals surface area contributed by atoms with Crippen molar-refractivity contribution in [3.05, 3.63) is 54.6 Å². The molecule has 7 nitrogen and oxygen atoms in total. The second kappa shape index (κ2) is 7.95. The van der Waals surface area contributed by atoms with Gasteiger partial charge in [-0.3, -0.25) is 14.6 Å². The number of Topliss-reactive ketones (excluding diaryl/α,β-unsaturated/α-hetero) is 1. The fourth-order valence-corrected chi connectivity index (χ4v) is 3.54. The van der Waals surface area contributed by atoms with E-state index in [2.05, 4.69) is 5.10 Å². The Morgan fingerprint density at radius 3 is 2.52 bits per heavy atom. The minimum atomic E-state index is -0.467. The number of fused-ring (bicyclic) bond motifs is 1. The molecule has 4 rings (SSSR count). The van der Waals surface area contributed by atoms with Crippen LogP contribution in [0.25, 0.3) is 0 Å². The Balaban J connectivity index is 1.45. The smallest absolute Gasteiger partial charge is 0.270 e. The fraction of sp³-hybridized carbons (Fsp3) is 0.318. The molecule has 0 saturated heterocycles. The number of benzene rings is 2. The molecule has 2 unspecified atom stereocenters. The Morgan fingerprint density at radius 2 is 1.79 bits per heavy atom. The first-order chi connectivity index (χ1) is 14.0. The molecule has 7 heteroatoms. The number of rotatable bonds is 5. The number of hydrogen-bond acceptors (Lipinski definition) is 6. The van der Waals surface area contributed by atoms with E-state index in [1.54, 1.807) is 17.0 Å². The van der Waals surface area contributed by atoms with Gasteiger partial charge in [0.25, 0.3) is 5.91 Å². The Kier molecular flexibility index (Phi) is 5.20. The number of likely N-dealkylation sites (N-methyl/N-ethyl adjacent to an activating group) is 1. The topological polar surface area (TPSA) is 71.4 Å². The summed E-state index contributed by atoms with van der Waals surface area (Å²) in [5.41, 5.74) is 1.16. The Morgan fingerprint density at radius 1 is 1.10 bits per heavy atom. The van der Waals surface area contributed by atoms with Gasteiger partial charge in [-0.05, 0) is 31.2 Å². The molecule has 1 amide bonds. The van der Waals surface area contributed by atoms with E-state index >= 15 is 0 Å². The van der Waals surface area contributed by atoms with E-state index < -0.39 is 6.04 Å². The molecule has 2 heterocycles. The number of carbonyl (C=O) groups excluding carboxylic acids is 2. The zero-order valence-electron chi connectivity index (χ0n) is 16.4. The highest BCUT2D eigenvalue weighted by Crippen LogP contribution is 2.31. The van der Waals surface area contributed by atoms with Crippen LogP contribution in [-0.4, -0.2) is 54.6 Å². The van der Waals surface area contributed by atoms with E-state index in [-0.39, 0.29) is 24.2 Å². The molecule has 29 heavy (non-hydrogen) atoms. The van der Waals surface area contributed by atoms with Crippen molar-refractivity contribution in [1.29, 1.82) is 0 Å². The van der Waals surface area contributed by atoms with Crippen LogP contribution in [0.3, 0.4) is 0 Å². The summed E-state index contributed by atoms with van der Waals surface area (Å²) in [6, 6.07) is 16.4. The third-order valence-electron chi connectivity index (χ3n) is 5.04. The maximum atomic E-state index is 13.0. The molecule has 2 atom stereocenters. The monoisotopic (exact) mass is 393 g/mol. The zero-order valence-corrected chi connectivity index (χ0v) is 16.4. The Hall–Kier alpha value is -3.35. The SMILES string of the molecule is CC(=O)C1CC(C(=O)N(C)CC2COc3ccccc3O2)=NN1c1ccccc1. The summed E-state index contributed by atoms with van der Waals surface area (Å²) in [6.07, 6.45) is 0.0211. The van der Waals surface area contributed by atoms with Gasteiger partial charge in [-0.2, -0.15) is 5.10 Å². The van der Waals surface area contributed by atoms with Gasteiger partial charge in [-0.1, -0.05) is 30.3 Å². The fourth-order valence-electron chi connectivity index (χ4n) is 3.54. The molecule has 2 aromatic carbocycles. The minimum Gasteiger partial charge on any atom is -0.486 e. The summed E-state index contributed by atoms with van der Waals surface area (Å²) in [5.74, 6) is 1.15. The van der Waals surface area contributed by atoms with Crippen LogP contribution in [0, 0.1) is 0 Å². The summed E-state index contributed by atoms with van der Waals surface area (Å²) in [4.78, 5) is 26.7. The number of hydrazone groups is 1. The molecule has 0 aliphatic carbocycles. The average molecular weight is 393 g/mol. The third kappa shape index (κ3) is 3.94. The van der Waals surface area contributed by atoms with E-state index in [0.717, 1.165) is 5.69 Å². The number of anilines is 1. The minimum absolute atomic E-state index is 0.0244. The summed E-state index contributed by atoms with van der Waals surface area (Å²) < 4.78 is 11.7. The molecule has 150 valence electrons. The third-order valence-corrected chi connectivity index (χ3v) is 5.04. The van der Waals surface area contributed by atoms with Crippen LogP contribution in [0.2, 0.25) is 0 Å². The summed E-state index contributed by atoms with van der Waals surface area (Å²) >= 11 is 0. The van der Waals surface area contributed by atoms with Crippen molar-refractivity contribution < 1.29 is 19.1 Å². The van der Waals surface area contributed by atoms with Crippen molar-refractivity contribution in [3.8, 4) is 11.5 Å². The van der Waals surface area contributed by atoms with Crippen molar-refractivity contribution in [2.45, 2.75) is 25.5 Å². The molecule has 2 aromatic rings. The van der Waals surface area contributed by atoms with Crippen LogP contribution < -0.4 is 14.5 Å². The summed E-state index contributed by atoms with van der Waals surface area (Å²) in [5, 5.41) is 6.12. The van der Waals surface area contributed by atoms with Crippen molar-refractivity contribution in [2.24, 2.45) is 5.10 Å². The number of para-hydroxylation sites is 3. The van der Waals surface area contributed by atoms with Gasteiger partial charge in [-0.25, -0.2) is 0 Å². The van der Waals surface area contributed by atoms with E-state index in [0.29, 0.717) is 30.4 Å². The highest BCUT2D eigenvalue weighted by molar-refractivity contribution is 6.40. The van der Waals surface area contributed by atoms with Gasteiger partial charge in [-0.15, -0.1) is 0 Å². The normalized spacial score (nSPS) is 20.2. The number of ketones is 1. The molecule has 2 aliphatic rings. The van der Waals surface area contributed by atoms with Crippen LogP contribution in [0.1, 0.15) is 13.3 Å². The molecule has 0 saturated carbocycles. The van der Waals surface area contributed by atoms with Gasteiger partial charge in [0.05, 0.1) is 12.2 Å². The van der Waals surface area contributed by atoms with Crippen LogP contribution in [0.5, 0.6) is 11.5 Å². The lowest BCUT2D eigenvalue weighted by molar-refractivity contribution is -0.124. The van der Waals surface area contributed by atoms with Crippen LogP contribution in [-0.2, 0) is 9.59 Å². The van der Waals surface area contributed by atoms with Crippen molar-refractivity contribution >= 4 is 23.1 Å². The van der Waals surface area contributed by atoms with Crippen LogP contribution in [0.4, 0.5) is 5.69 Å². The number of hydrogen-bond donors (Lipinski definition) is 0. The number of ether oxygens (including phenoxy) is 2. The van der Waals surface area contributed by atoms with Crippen molar-refractivity contribution in [3.63, 3.8) is 0 Å². The molecule has 2 aliphatic heterocycles. The summed E-state index contributed by atoms with van der Waals surface area (Å²) in [7, 11) is 1.71. The maximum Gasteiger partial charge on any atom is 0.270 e. The van der Waals surface area contributed by atoms with E-state index in [1.807, 2.05) is 54.6 Å². The zero-order chi connectivity index (χ0) is 20.4. The van der Waals surface area contributed by atoms with Crippen LogP contribution in [0.15, 0.2) is 59.7 Å². The van der Waals surface area contributed by atoms with Gasteiger partial charge in [0.15, 0.2) is 23.4 Å². The van der Waals surface area contributed by atoms with Gasteiger partial charge in [0, 0.05) is 13.5 Å². The predicted molar refractivity (Wildman–Crippen MR) is 109 cm³/mol. The highest BCUT2D eigenvalue weighted by atomic mass is 16.6. The molecule has 0 bridgehead atoms. The van der Waals surface area contributed by atoms with Gasteiger partial charge in [0.2, 0.25) is 0 Å². The number of carbonyl (C=O) groups is 2. The van der Waals surface area contributed by atoms with Crippen molar-refractivity contribution in [2.75, 3.05) is 25.2 Å². The highest BCUT2D eigenvalue weighted by Gasteiger charge is 2.36. The second-order valence-electron chi connectivity index (χ2n) is 7.24. The first kappa shape index (κ1) is 19.0. The van der Waals surface area contributed by atoms with Gasteiger partial charge in [0.1, 0.15) is 18.4 Å². The predicted octanol–water partition coefficient (Wildman–Crippen LogP) is 2.51.